The summed E-state index contributed by atoms with van der Waals surface area (Å²) in [6.07, 6.45) is 5.72. The number of unbranched alkanes of at least 4 members (excludes halogenated alkanes) is 1. The van der Waals surface area contributed by atoms with Crippen molar-refractivity contribution in [2.24, 2.45) is 5.92 Å². The molecule has 1 N–H and O–H groups in total. The number of aromatic nitrogens is 1. The number of piperidine rings is 1. The molecule has 2 heterocycles. The number of rotatable bonds is 6. The van der Waals surface area contributed by atoms with E-state index in [0.717, 1.165) is 25.8 Å². The summed E-state index contributed by atoms with van der Waals surface area (Å²) in [7, 11) is -1.23. The lowest BCUT2D eigenvalue weighted by Crippen LogP contribution is -2.48. The number of fused-ring (bicyclic) bond motifs is 2. The molecular formula is C20H28N2O3S. The molecule has 2 aromatic rings. The van der Waals surface area contributed by atoms with Crippen LogP contribution in [-0.2, 0) is 20.7 Å². The summed E-state index contributed by atoms with van der Waals surface area (Å²) in [5, 5.41) is 1.37. The molecule has 26 heavy (non-hydrogen) atoms. The molecule has 1 aromatic heterocycles. The standard InChI is InChI=1S/C20H28N2O3S/c1-3-4-8-26(23,24)25-13-14-9-17-16-6-5-7-18-20(16)15(11-21-18)10-19(17)22(2)12-14/h5-7,11,14,17,19,21H,3-4,8-10,12-13H2,1-2H3/t14?,17-,19-/m1/s1. The van der Waals surface area contributed by atoms with Crippen LogP contribution >= 0.6 is 0 Å². The second-order valence-corrected chi connectivity index (χ2v) is 9.66. The molecule has 0 spiro atoms. The lowest BCUT2D eigenvalue weighted by molar-refractivity contribution is 0.0854. The Hall–Kier alpha value is -1.37. The van der Waals surface area contributed by atoms with Gasteiger partial charge >= 0.3 is 0 Å². The highest BCUT2D eigenvalue weighted by Crippen LogP contribution is 2.44. The van der Waals surface area contributed by atoms with Crippen LogP contribution in [0.2, 0.25) is 0 Å². The third kappa shape index (κ3) is 3.30. The molecule has 2 aliphatic rings. The minimum absolute atomic E-state index is 0.129. The molecule has 1 fully saturated rings. The van der Waals surface area contributed by atoms with Gasteiger partial charge in [0.15, 0.2) is 0 Å². The first-order valence-corrected chi connectivity index (χ1v) is 11.2. The van der Waals surface area contributed by atoms with Gasteiger partial charge < -0.3 is 9.88 Å². The highest BCUT2D eigenvalue weighted by atomic mass is 32.2. The van der Waals surface area contributed by atoms with Crippen molar-refractivity contribution in [2.75, 3.05) is 26.0 Å². The summed E-state index contributed by atoms with van der Waals surface area (Å²) in [5.41, 5.74) is 4.01. The number of benzene rings is 1. The Morgan fingerprint density at radius 3 is 3.00 bits per heavy atom. The topological polar surface area (TPSA) is 62.4 Å². The number of likely N-dealkylation sites (tertiary alicyclic amines) is 1. The van der Waals surface area contributed by atoms with Gasteiger partial charge in [0.2, 0.25) is 0 Å². The Bertz CT molecular complexity index is 890. The summed E-state index contributed by atoms with van der Waals surface area (Å²) in [6.45, 7) is 3.18. The Morgan fingerprint density at radius 2 is 2.19 bits per heavy atom. The Morgan fingerprint density at radius 1 is 1.35 bits per heavy atom. The molecule has 0 amide bonds. The van der Waals surface area contributed by atoms with Crippen LogP contribution < -0.4 is 0 Å². The van der Waals surface area contributed by atoms with Gasteiger partial charge in [-0.1, -0.05) is 25.5 Å². The number of hydrogen-bond acceptors (Lipinski definition) is 4. The molecule has 1 aliphatic carbocycles. The van der Waals surface area contributed by atoms with Gasteiger partial charge in [0.25, 0.3) is 10.1 Å². The van der Waals surface area contributed by atoms with Crippen LogP contribution in [-0.4, -0.2) is 50.3 Å². The molecule has 5 nitrogen and oxygen atoms in total. The zero-order chi connectivity index (χ0) is 18.3. The zero-order valence-electron chi connectivity index (χ0n) is 15.6. The lowest BCUT2D eigenvalue weighted by atomic mass is 9.72. The molecule has 142 valence electrons. The Balaban J connectivity index is 1.52. The van der Waals surface area contributed by atoms with E-state index >= 15 is 0 Å². The Kier molecular flexibility index (Phi) is 4.84. The third-order valence-electron chi connectivity index (χ3n) is 6.04. The van der Waals surface area contributed by atoms with Crippen molar-refractivity contribution in [2.45, 2.75) is 44.6 Å². The monoisotopic (exact) mass is 376 g/mol. The highest BCUT2D eigenvalue weighted by Gasteiger charge is 2.39. The van der Waals surface area contributed by atoms with E-state index in [9.17, 15) is 8.42 Å². The van der Waals surface area contributed by atoms with Crippen LogP contribution in [0.3, 0.4) is 0 Å². The maximum Gasteiger partial charge on any atom is 0.267 e. The van der Waals surface area contributed by atoms with Crippen LogP contribution in [0.25, 0.3) is 10.9 Å². The first-order valence-electron chi connectivity index (χ1n) is 9.64. The molecule has 3 atom stereocenters. The molecule has 1 aromatic carbocycles. The first-order chi connectivity index (χ1) is 12.5. The van der Waals surface area contributed by atoms with E-state index in [1.165, 1.54) is 22.0 Å². The van der Waals surface area contributed by atoms with E-state index in [4.69, 9.17) is 4.18 Å². The van der Waals surface area contributed by atoms with Crippen molar-refractivity contribution in [3.05, 3.63) is 35.5 Å². The van der Waals surface area contributed by atoms with Crippen LogP contribution in [0.1, 0.15) is 43.2 Å². The number of nitrogens with zero attached hydrogens (tertiary/aromatic N) is 1. The normalized spacial score (nSPS) is 26.2. The fourth-order valence-corrected chi connectivity index (χ4v) is 5.91. The smallest absolute Gasteiger partial charge is 0.267 e. The van der Waals surface area contributed by atoms with E-state index in [1.807, 2.05) is 6.92 Å². The maximum atomic E-state index is 12.0. The van der Waals surface area contributed by atoms with E-state index in [2.05, 4.69) is 41.3 Å². The summed E-state index contributed by atoms with van der Waals surface area (Å²) in [4.78, 5) is 5.80. The summed E-state index contributed by atoms with van der Waals surface area (Å²) in [6, 6.07) is 6.98. The van der Waals surface area contributed by atoms with Crippen molar-refractivity contribution >= 4 is 21.0 Å². The predicted molar refractivity (Wildman–Crippen MR) is 104 cm³/mol. The van der Waals surface area contributed by atoms with E-state index < -0.39 is 10.1 Å². The minimum atomic E-state index is -3.39. The van der Waals surface area contributed by atoms with Crippen molar-refractivity contribution in [1.82, 2.24) is 9.88 Å². The molecule has 4 rings (SSSR count). The van der Waals surface area contributed by atoms with Gasteiger partial charge in [0.1, 0.15) is 0 Å². The van der Waals surface area contributed by atoms with Gasteiger partial charge in [-0.3, -0.25) is 4.18 Å². The van der Waals surface area contributed by atoms with Crippen molar-refractivity contribution in [1.29, 1.82) is 0 Å². The van der Waals surface area contributed by atoms with Gasteiger partial charge in [-0.15, -0.1) is 0 Å². The minimum Gasteiger partial charge on any atom is -0.361 e. The maximum absolute atomic E-state index is 12.0. The molecule has 0 bridgehead atoms. The molecule has 1 aliphatic heterocycles. The predicted octanol–water partition coefficient (Wildman–Crippen LogP) is 3.27. The highest BCUT2D eigenvalue weighted by molar-refractivity contribution is 7.86. The fraction of sp³-hybridized carbons (Fsp3) is 0.600. The average molecular weight is 377 g/mol. The molecule has 1 saturated heterocycles. The summed E-state index contributed by atoms with van der Waals surface area (Å²) < 4.78 is 29.4. The quantitative estimate of drug-likeness (QED) is 0.786. The van der Waals surface area contributed by atoms with Gasteiger partial charge in [0, 0.05) is 35.6 Å². The first kappa shape index (κ1) is 18.0. The second-order valence-electron chi connectivity index (χ2n) is 7.90. The van der Waals surface area contributed by atoms with E-state index in [1.54, 1.807) is 0 Å². The zero-order valence-corrected chi connectivity index (χ0v) is 16.4. The van der Waals surface area contributed by atoms with Gasteiger partial charge in [-0.25, -0.2) is 0 Å². The summed E-state index contributed by atoms with van der Waals surface area (Å²) in [5.74, 6) is 0.811. The number of nitrogens with one attached hydrogen (secondary N) is 1. The van der Waals surface area contributed by atoms with E-state index in [-0.39, 0.29) is 11.7 Å². The van der Waals surface area contributed by atoms with Gasteiger partial charge in [-0.05, 0) is 49.4 Å². The number of H-pyrrole nitrogens is 1. The largest absolute Gasteiger partial charge is 0.361 e. The Labute approximate surface area is 155 Å². The SMILES string of the molecule is CCCCS(=O)(=O)OCC1C[C@@H]2c3cccc4[nH]cc(c34)C[C@H]2N(C)C1. The molecule has 0 radical (unpaired) electrons. The van der Waals surface area contributed by atoms with Crippen molar-refractivity contribution in [3.8, 4) is 0 Å². The number of aromatic amines is 1. The van der Waals surface area contributed by atoms with E-state index in [0.29, 0.717) is 25.0 Å². The van der Waals surface area contributed by atoms with Crippen LogP contribution in [0.15, 0.2) is 24.4 Å². The van der Waals surface area contributed by atoms with Crippen molar-refractivity contribution in [3.63, 3.8) is 0 Å². The van der Waals surface area contributed by atoms with Crippen LogP contribution in [0.5, 0.6) is 0 Å². The fourth-order valence-electron chi connectivity index (χ4n) is 4.75. The van der Waals surface area contributed by atoms with Crippen LogP contribution in [0, 0.1) is 5.92 Å². The molecule has 0 saturated carbocycles. The molecule has 1 unspecified atom stereocenters. The second kappa shape index (κ2) is 6.98. The van der Waals surface area contributed by atoms with Gasteiger partial charge in [0.05, 0.1) is 12.4 Å². The average Bonchev–Trinajstić information content (AvgIpc) is 3.04. The number of likely N-dealkylation sites (N-methyl/N-ethyl adjacent to an activating group) is 1. The summed E-state index contributed by atoms with van der Waals surface area (Å²) >= 11 is 0. The molecular weight excluding hydrogens is 348 g/mol. The lowest BCUT2D eigenvalue weighted by Gasteiger charge is -2.45. The third-order valence-corrected chi connectivity index (χ3v) is 7.33. The van der Waals surface area contributed by atoms with Crippen LogP contribution in [0.4, 0.5) is 0 Å². The van der Waals surface area contributed by atoms with Gasteiger partial charge in [-0.2, -0.15) is 8.42 Å². The van der Waals surface area contributed by atoms with Crippen molar-refractivity contribution < 1.29 is 12.6 Å². The number of hydrogen-bond donors (Lipinski definition) is 1. The molecule has 6 heteroatoms.